The van der Waals surface area contributed by atoms with Crippen LogP contribution in [0.5, 0.6) is 0 Å². The second-order valence-corrected chi connectivity index (χ2v) is 8.18. The fourth-order valence-corrected chi connectivity index (χ4v) is 4.52. The summed E-state index contributed by atoms with van der Waals surface area (Å²) in [6.07, 6.45) is 0.822. The first-order chi connectivity index (χ1) is 14.0. The molecule has 9 heteroatoms. The number of fused-ring (bicyclic) bond motifs is 1. The van der Waals surface area contributed by atoms with Crippen LogP contribution >= 0.6 is 22.9 Å². The van der Waals surface area contributed by atoms with Gasteiger partial charge in [0.05, 0.1) is 27.7 Å². The molecule has 4 rings (SSSR count). The molecular weight excluding hydrogens is 410 g/mol. The predicted octanol–water partition coefficient (Wildman–Crippen LogP) is 4.70. The fourth-order valence-electron chi connectivity index (χ4n) is 3.21. The topological polar surface area (TPSA) is 77.1 Å². The van der Waals surface area contributed by atoms with E-state index in [2.05, 4.69) is 15.3 Å². The monoisotopic (exact) mass is 429 g/mol. The van der Waals surface area contributed by atoms with Gasteiger partial charge >= 0.3 is 0 Å². The molecule has 4 aromatic rings. The Bertz CT molecular complexity index is 1140. The van der Waals surface area contributed by atoms with Crippen LogP contribution in [0.25, 0.3) is 21.7 Å². The van der Waals surface area contributed by atoms with Crippen LogP contribution in [0.4, 0.5) is 0 Å². The highest BCUT2D eigenvalue weighted by Crippen LogP contribution is 2.30. The van der Waals surface area contributed by atoms with Gasteiger partial charge in [0.15, 0.2) is 0 Å². The number of aromatic nitrogens is 4. The lowest BCUT2D eigenvalue weighted by Crippen LogP contribution is -2.30. The summed E-state index contributed by atoms with van der Waals surface area (Å²) >= 11 is 7.66. The van der Waals surface area contributed by atoms with E-state index in [1.807, 2.05) is 49.8 Å². The van der Waals surface area contributed by atoms with E-state index in [4.69, 9.17) is 16.0 Å². The smallest absolute Gasteiger partial charge is 0.264 e. The number of rotatable bonds is 6. The van der Waals surface area contributed by atoms with Gasteiger partial charge in [-0.3, -0.25) is 9.48 Å². The first-order valence-electron chi connectivity index (χ1n) is 9.27. The maximum Gasteiger partial charge on any atom is 0.264 e. The summed E-state index contributed by atoms with van der Waals surface area (Å²) in [5, 5.41) is 14.2. The third-order valence-corrected chi connectivity index (χ3v) is 6.10. The lowest BCUT2D eigenvalue weighted by Gasteiger charge is -2.19. The summed E-state index contributed by atoms with van der Waals surface area (Å²) in [6.45, 7) is 4.81. The zero-order valence-corrected chi connectivity index (χ0v) is 17.9. The minimum atomic E-state index is -0.0510. The molecule has 0 saturated carbocycles. The van der Waals surface area contributed by atoms with Gasteiger partial charge in [-0.15, -0.1) is 21.5 Å². The highest BCUT2D eigenvalue weighted by molar-refractivity contribution is 7.20. The van der Waals surface area contributed by atoms with Crippen molar-refractivity contribution in [2.45, 2.75) is 26.8 Å². The lowest BCUT2D eigenvalue weighted by atomic mass is 10.2. The lowest BCUT2D eigenvalue weighted by molar-refractivity contribution is 0.0733. The molecule has 3 aromatic heterocycles. The molecule has 1 aromatic carbocycles. The number of halogens is 1. The normalized spacial score (nSPS) is 11.3. The number of benzene rings is 1. The van der Waals surface area contributed by atoms with Crippen molar-refractivity contribution in [3.05, 3.63) is 51.8 Å². The van der Waals surface area contributed by atoms with Gasteiger partial charge in [-0.05, 0) is 31.5 Å². The second kappa shape index (κ2) is 7.96. The molecule has 0 bridgehead atoms. The minimum absolute atomic E-state index is 0.0510. The van der Waals surface area contributed by atoms with Crippen molar-refractivity contribution in [3.63, 3.8) is 0 Å². The van der Waals surface area contributed by atoms with Gasteiger partial charge in [-0.2, -0.15) is 5.10 Å². The van der Waals surface area contributed by atoms with E-state index >= 15 is 0 Å². The SMILES string of the molecule is CCCN(Cc1nnc(-c2ccccc2Cl)o1)C(=O)c1cc2c(C)nn(C)c2s1. The van der Waals surface area contributed by atoms with E-state index in [1.165, 1.54) is 11.3 Å². The van der Waals surface area contributed by atoms with Crippen molar-refractivity contribution < 1.29 is 9.21 Å². The first-order valence-corrected chi connectivity index (χ1v) is 10.5. The van der Waals surface area contributed by atoms with Crippen molar-refractivity contribution in [1.29, 1.82) is 0 Å². The summed E-state index contributed by atoms with van der Waals surface area (Å²) in [7, 11) is 1.89. The molecule has 0 N–H and O–H groups in total. The number of amides is 1. The highest BCUT2D eigenvalue weighted by Gasteiger charge is 2.22. The van der Waals surface area contributed by atoms with E-state index in [9.17, 15) is 4.79 Å². The zero-order valence-electron chi connectivity index (χ0n) is 16.3. The van der Waals surface area contributed by atoms with Crippen molar-refractivity contribution in [3.8, 4) is 11.5 Å². The average Bonchev–Trinajstić information content (AvgIpc) is 3.40. The molecular formula is C20H20ClN5O2S. The van der Waals surface area contributed by atoms with Crippen LogP contribution in [-0.4, -0.2) is 37.3 Å². The Labute approximate surface area is 176 Å². The van der Waals surface area contributed by atoms with Crippen LogP contribution in [0.15, 0.2) is 34.7 Å². The molecule has 1 amide bonds. The predicted molar refractivity (Wildman–Crippen MR) is 113 cm³/mol. The Hall–Kier alpha value is -2.71. The highest BCUT2D eigenvalue weighted by atomic mass is 35.5. The van der Waals surface area contributed by atoms with Gasteiger partial charge in [0.25, 0.3) is 5.91 Å². The van der Waals surface area contributed by atoms with Gasteiger partial charge in [0.2, 0.25) is 11.8 Å². The molecule has 0 aliphatic rings. The number of thiophene rings is 1. The summed E-state index contributed by atoms with van der Waals surface area (Å²) in [5.74, 6) is 0.670. The van der Waals surface area contributed by atoms with Crippen molar-refractivity contribution in [2.75, 3.05) is 6.54 Å². The Morgan fingerprint density at radius 2 is 2.10 bits per heavy atom. The largest absolute Gasteiger partial charge is 0.419 e. The Morgan fingerprint density at radius 3 is 2.83 bits per heavy atom. The minimum Gasteiger partial charge on any atom is -0.419 e. The van der Waals surface area contributed by atoms with Gasteiger partial charge in [0.1, 0.15) is 4.83 Å². The van der Waals surface area contributed by atoms with E-state index in [-0.39, 0.29) is 12.5 Å². The van der Waals surface area contributed by atoms with Crippen LogP contribution in [-0.2, 0) is 13.6 Å². The molecule has 29 heavy (non-hydrogen) atoms. The second-order valence-electron chi connectivity index (χ2n) is 6.75. The van der Waals surface area contributed by atoms with Crippen LogP contribution in [0.1, 0.15) is 34.6 Å². The molecule has 0 spiro atoms. The van der Waals surface area contributed by atoms with Gasteiger partial charge in [0, 0.05) is 19.0 Å². The van der Waals surface area contributed by atoms with Crippen LogP contribution in [0, 0.1) is 6.92 Å². The molecule has 0 saturated heterocycles. The third-order valence-electron chi connectivity index (χ3n) is 4.58. The summed E-state index contributed by atoms with van der Waals surface area (Å²) in [4.78, 5) is 16.6. The van der Waals surface area contributed by atoms with E-state index < -0.39 is 0 Å². The molecule has 0 atom stereocenters. The van der Waals surface area contributed by atoms with Gasteiger partial charge in [-0.25, -0.2) is 0 Å². The van der Waals surface area contributed by atoms with Crippen molar-refractivity contribution >= 4 is 39.1 Å². The number of aryl methyl sites for hydroxylation is 2. The molecule has 150 valence electrons. The Balaban J connectivity index is 1.58. The standard InChI is InChI=1S/C20H20ClN5O2S/c1-4-9-26(19(27)16-10-14-12(2)24-25(3)20(14)29-16)11-17-22-23-18(28-17)13-7-5-6-8-15(13)21/h5-8,10H,4,9,11H2,1-3H3. The Morgan fingerprint density at radius 1 is 1.31 bits per heavy atom. The molecule has 7 nitrogen and oxygen atoms in total. The number of nitrogens with zero attached hydrogens (tertiary/aromatic N) is 5. The molecule has 0 fully saturated rings. The quantitative estimate of drug-likeness (QED) is 0.444. The fraction of sp³-hybridized carbons (Fsp3) is 0.300. The zero-order chi connectivity index (χ0) is 20.5. The van der Waals surface area contributed by atoms with E-state index in [1.54, 1.807) is 11.0 Å². The van der Waals surface area contributed by atoms with E-state index in [0.717, 1.165) is 22.3 Å². The summed E-state index contributed by atoms with van der Waals surface area (Å²) < 4.78 is 7.59. The van der Waals surface area contributed by atoms with Gasteiger partial charge in [-0.1, -0.05) is 30.7 Å². The number of hydrogen-bond acceptors (Lipinski definition) is 6. The van der Waals surface area contributed by atoms with Crippen molar-refractivity contribution in [1.82, 2.24) is 24.9 Å². The first kappa shape index (κ1) is 19.6. The van der Waals surface area contributed by atoms with Crippen LogP contribution < -0.4 is 0 Å². The summed E-state index contributed by atoms with van der Waals surface area (Å²) in [5.41, 5.74) is 1.59. The molecule has 0 radical (unpaired) electrons. The number of carbonyl (C=O) groups excluding carboxylic acids is 1. The maximum atomic E-state index is 13.2. The molecule has 0 aliphatic carbocycles. The average molecular weight is 430 g/mol. The molecule has 3 heterocycles. The maximum absolute atomic E-state index is 13.2. The van der Waals surface area contributed by atoms with Crippen LogP contribution in [0.3, 0.4) is 0 Å². The molecule has 0 unspecified atom stereocenters. The van der Waals surface area contributed by atoms with Crippen molar-refractivity contribution in [2.24, 2.45) is 7.05 Å². The third kappa shape index (κ3) is 3.77. The Kier molecular flexibility index (Phi) is 5.38. The summed E-state index contributed by atoms with van der Waals surface area (Å²) in [6, 6.07) is 9.20. The number of hydrogen-bond donors (Lipinski definition) is 0. The van der Waals surface area contributed by atoms with E-state index in [0.29, 0.717) is 33.8 Å². The van der Waals surface area contributed by atoms with Gasteiger partial charge < -0.3 is 9.32 Å². The number of carbonyl (C=O) groups is 1. The van der Waals surface area contributed by atoms with Crippen LogP contribution in [0.2, 0.25) is 5.02 Å². The molecule has 0 aliphatic heterocycles.